The molecule has 0 aromatic carbocycles. The van der Waals surface area contributed by atoms with Gasteiger partial charge in [0.2, 0.25) is 0 Å². The van der Waals surface area contributed by atoms with Gasteiger partial charge < -0.3 is 9.84 Å². The molecule has 0 bridgehead atoms. The number of unbranched alkanes of at least 4 members (excludes halogenated alkanes) is 1. The molecule has 2 atom stereocenters. The Morgan fingerprint density at radius 3 is 2.72 bits per heavy atom. The van der Waals surface area contributed by atoms with Gasteiger partial charge in [0.15, 0.2) is 0 Å². The molecule has 0 aromatic rings. The molecule has 1 N–H and O–H groups in total. The average molecular weight is 258 g/mol. The van der Waals surface area contributed by atoms with Gasteiger partial charge in [-0.05, 0) is 19.9 Å². The predicted octanol–water partition coefficient (Wildman–Crippen LogP) is 1.19. The highest BCUT2D eigenvalue weighted by atomic mass is 16.5. The molecule has 1 aliphatic heterocycles. The first-order chi connectivity index (χ1) is 8.67. The molecule has 0 aromatic heterocycles. The van der Waals surface area contributed by atoms with Crippen LogP contribution in [0.3, 0.4) is 0 Å². The highest BCUT2D eigenvalue weighted by molar-refractivity contribution is 4.79. The fraction of sp³-hybridized carbons (Fsp3) is 1.00. The lowest BCUT2D eigenvalue weighted by Crippen LogP contribution is -2.53. The molecule has 2 unspecified atom stereocenters. The number of β-amino-alcohol motifs (C(OH)–C–C–N with tert-alkyl or cyclic N) is 1. The predicted molar refractivity (Wildman–Crippen MR) is 74.9 cm³/mol. The summed E-state index contributed by atoms with van der Waals surface area (Å²) in [5.74, 6) is 0. The number of hydrogen-bond acceptors (Lipinski definition) is 4. The number of piperazine rings is 1. The minimum atomic E-state index is -0.345. The summed E-state index contributed by atoms with van der Waals surface area (Å²) in [7, 11) is 0. The summed E-state index contributed by atoms with van der Waals surface area (Å²) in [5, 5.41) is 9.93. The Kier molecular flexibility index (Phi) is 7.82. The lowest BCUT2D eigenvalue weighted by Gasteiger charge is -2.40. The Morgan fingerprint density at radius 2 is 2.11 bits per heavy atom. The van der Waals surface area contributed by atoms with Crippen molar-refractivity contribution in [1.29, 1.82) is 0 Å². The van der Waals surface area contributed by atoms with Crippen LogP contribution in [-0.4, -0.2) is 73.0 Å². The van der Waals surface area contributed by atoms with Crippen LogP contribution in [0.5, 0.6) is 0 Å². The number of ether oxygens (including phenoxy) is 1. The average Bonchev–Trinajstić information content (AvgIpc) is 2.35. The first-order valence-electron chi connectivity index (χ1n) is 7.39. The van der Waals surface area contributed by atoms with E-state index in [1.165, 1.54) is 0 Å². The third kappa shape index (κ3) is 5.65. The zero-order valence-electron chi connectivity index (χ0n) is 12.3. The van der Waals surface area contributed by atoms with Crippen molar-refractivity contribution in [2.45, 2.75) is 45.8 Å². The largest absolute Gasteiger partial charge is 0.389 e. The third-order valence-corrected chi connectivity index (χ3v) is 3.68. The lowest BCUT2D eigenvalue weighted by atomic mass is 10.2. The van der Waals surface area contributed by atoms with Gasteiger partial charge in [-0.25, -0.2) is 0 Å². The number of aliphatic hydroxyl groups excluding tert-OH is 1. The maximum atomic E-state index is 9.93. The number of likely N-dealkylation sites (N-methyl/N-ethyl adjacent to an activating group) is 1. The Hall–Kier alpha value is -0.160. The van der Waals surface area contributed by atoms with Crippen LogP contribution in [0.4, 0.5) is 0 Å². The highest BCUT2D eigenvalue weighted by Crippen LogP contribution is 2.09. The number of aliphatic hydroxyl groups is 1. The number of hydrogen-bond donors (Lipinski definition) is 1. The van der Waals surface area contributed by atoms with Crippen molar-refractivity contribution >= 4 is 0 Å². The molecule has 0 radical (unpaired) electrons. The summed E-state index contributed by atoms with van der Waals surface area (Å²) in [6.45, 7) is 13.0. The van der Waals surface area contributed by atoms with Gasteiger partial charge in [-0.15, -0.1) is 0 Å². The van der Waals surface area contributed by atoms with E-state index >= 15 is 0 Å². The summed E-state index contributed by atoms with van der Waals surface area (Å²) in [5.41, 5.74) is 0. The Morgan fingerprint density at radius 1 is 1.33 bits per heavy atom. The molecule has 1 fully saturated rings. The SMILES string of the molecule is CCCCOCC(O)CN1CCN(CC)C(C)C1. The van der Waals surface area contributed by atoms with Gasteiger partial charge in [-0.1, -0.05) is 20.3 Å². The van der Waals surface area contributed by atoms with Crippen LogP contribution in [0.15, 0.2) is 0 Å². The van der Waals surface area contributed by atoms with Gasteiger partial charge in [-0.2, -0.15) is 0 Å². The Labute approximate surface area is 112 Å². The second-order valence-corrected chi connectivity index (χ2v) is 5.32. The molecule has 0 amide bonds. The van der Waals surface area contributed by atoms with Crippen LogP contribution < -0.4 is 0 Å². The van der Waals surface area contributed by atoms with E-state index in [9.17, 15) is 5.11 Å². The fourth-order valence-electron chi connectivity index (χ4n) is 2.52. The zero-order chi connectivity index (χ0) is 13.4. The molecule has 0 spiro atoms. The molecular formula is C14H30N2O2. The molecule has 0 saturated carbocycles. The van der Waals surface area contributed by atoms with Gasteiger partial charge in [0.05, 0.1) is 12.7 Å². The summed E-state index contributed by atoms with van der Waals surface area (Å²) in [6.07, 6.45) is 1.88. The Bertz CT molecular complexity index is 214. The van der Waals surface area contributed by atoms with Crippen molar-refractivity contribution in [2.24, 2.45) is 0 Å². The van der Waals surface area contributed by atoms with E-state index in [0.717, 1.165) is 52.2 Å². The molecule has 1 saturated heterocycles. The smallest absolute Gasteiger partial charge is 0.0900 e. The quantitative estimate of drug-likeness (QED) is 0.664. The second-order valence-electron chi connectivity index (χ2n) is 5.32. The maximum Gasteiger partial charge on any atom is 0.0900 e. The van der Waals surface area contributed by atoms with Gasteiger partial charge >= 0.3 is 0 Å². The van der Waals surface area contributed by atoms with Gasteiger partial charge in [0.1, 0.15) is 0 Å². The molecule has 18 heavy (non-hydrogen) atoms. The fourth-order valence-corrected chi connectivity index (χ4v) is 2.52. The first-order valence-corrected chi connectivity index (χ1v) is 7.39. The van der Waals surface area contributed by atoms with Gasteiger partial charge in [0.25, 0.3) is 0 Å². The van der Waals surface area contributed by atoms with Crippen LogP contribution >= 0.6 is 0 Å². The first kappa shape index (κ1) is 15.9. The highest BCUT2D eigenvalue weighted by Gasteiger charge is 2.23. The van der Waals surface area contributed by atoms with E-state index in [1.54, 1.807) is 0 Å². The van der Waals surface area contributed by atoms with Crippen LogP contribution in [0.1, 0.15) is 33.6 Å². The summed E-state index contributed by atoms with van der Waals surface area (Å²) >= 11 is 0. The van der Waals surface area contributed by atoms with Crippen LogP contribution in [0, 0.1) is 0 Å². The molecule has 4 heteroatoms. The normalized spacial score (nSPS) is 24.3. The second kappa shape index (κ2) is 8.86. The van der Waals surface area contributed by atoms with Crippen LogP contribution in [-0.2, 0) is 4.74 Å². The van der Waals surface area contributed by atoms with Gasteiger partial charge in [-0.3, -0.25) is 9.80 Å². The Balaban J connectivity index is 2.14. The third-order valence-electron chi connectivity index (χ3n) is 3.68. The van der Waals surface area contributed by atoms with Crippen molar-refractivity contribution < 1.29 is 9.84 Å². The monoisotopic (exact) mass is 258 g/mol. The molecular weight excluding hydrogens is 228 g/mol. The maximum absolute atomic E-state index is 9.93. The minimum Gasteiger partial charge on any atom is -0.389 e. The number of rotatable bonds is 8. The summed E-state index contributed by atoms with van der Waals surface area (Å²) in [4.78, 5) is 4.84. The standard InChI is InChI=1S/C14H30N2O2/c1-4-6-9-18-12-14(17)11-15-7-8-16(5-2)13(3)10-15/h13-14,17H,4-12H2,1-3H3. The summed E-state index contributed by atoms with van der Waals surface area (Å²) < 4.78 is 5.46. The van der Waals surface area contributed by atoms with Crippen molar-refractivity contribution in [3.05, 3.63) is 0 Å². The van der Waals surface area contributed by atoms with Gasteiger partial charge in [0, 0.05) is 38.8 Å². The van der Waals surface area contributed by atoms with E-state index in [1.807, 2.05) is 0 Å². The summed E-state index contributed by atoms with van der Waals surface area (Å²) in [6, 6.07) is 0.594. The van der Waals surface area contributed by atoms with Crippen molar-refractivity contribution in [3.63, 3.8) is 0 Å². The van der Waals surface area contributed by atoms with E-state index < -0.39 is 0 Å². The molecule has 0 aliphatic carbocycles. The molecule has 1 rings (SSSR count). The zero-order valence-corrected chi connectivity index (χ0v) is 12.3. The lowest BCUT2D eigenvalue weighted by molar-refractivity contribution is -0.00107. The van der Waals surface area contributed by atoms with Crippen molar-refractivity contribution in [3.8, 4) is 0 Å². The van der Waals surface area contributed by atoms with E-state index in [0.29, 0.717) is 12.6 Å². The molecule has 1 aliphatic rings. The van der Waals surface area contributed by atoms with E-state index in [2.05, 4.69) is 30.6 Å². The molecule has 108 valence electrons. The van der Waals surface area contributed by atoms with Crippen molar-refractivity contribution in [2.75, 3.05) is 45.9 Å². The van der Waals surface area contributed by atoms with Crippen LogP contribution in [0.2, 0.25) is 0 Å². The minimum absolute atomic E-state index is 0.345. The van der Waals surface area contributed by atoms with Crippen LogP contribution in [0.25, 0.3) is 0 Å². The van der Waals surface area contributed by atoms with E-state index in [4.69, 9.17) is 4.74 Å². The van der Waals surface area contributed by atoms with Crippen molar-refractivity contribution in [1.82, 2.24) is 9.80 Å². The van der Waals surface area contributed by atoms with E-state index in [-0.39, 0.29) is 6.10 Å². The molecule has 4 nitrogen and oxygen atoms in total. The topological polar surface area (TPSA) is 35.9 Å². The molecule has 1 heterocycles. The number of nitrogens with zero attached hydrogens (tertiary/aromatic N) is 2.